The van der Waals surface area contributed by atoms with Crippen LogP contribution in [0.25, 0.3) is 10.1 Å². The van der Waals surface area contributed by atoms with Crippen LogP contribution in [0.3, 0.4) is 0 Å². The zero-order chi connectivity index (χ0) is 15.6. The molecule has 1 heterocycles. The topological polar surface area (TPSA) is 32.3 Å². The Labute approximate surface area is 132 Å². The molecule has 2 N–H and O–H groups in total. The molecule has 3 heteroatoms. The average molecular weight is 305 g/mol. The molecule has 0 aliphatic heterocycles. The SMILES string of the molecule is Cc1c(C(C)NC(CCO)C(C)(C)C)sc2ccccc12. The van der Waals surface area contributed by atoms with Gasteiger partial charge in [-0.3, -0.25) is 0 Å². The minimum Gasteiger partial charge on any atom is -0.396 e. The lowest BCUT2D eigenvalue weighted by molar-refractivity contribution is 0.188. The van der Waals surface area contributed by atoms with Crippen molar-refractivity contribution in [2.75, 3.05) is 6.61 Å². The number of hydrogen-bond acceptors (Lipinski definition) is 3. The van der Waals surface area contributed by atoms with Crippen LogP contribution >= 0.6 is 11.3 Å². The molecule has 2 rings (SSSR count). The van der Waals surface area contributed by atoms with Crippen LogP contribution in [0, 0.1) is 12.3 Å². The number of thiophene rings is 1. The van der Waals surface area contributed by atoms with Crippen molar-refractivity contribution in [3.63, 3.8) is 0 Å². The number of rotatable bonds is 5. The summed E-state index contributed by atoms with van der Waals surface area (Å²) in [7, 11) is 0. The molecule has 0 fully saturated rings. The molecule has 0 aliphatic carbocycles. The molecule has 0 saturated carbocycles. The second-order valence-corrected chi connectivity index (χ2v) is 7.99. The van der Waals surface area contributed by atoms with Crippen molar-refractivity contribution >= 4 is 21.4 Å². The van der Waals surface area contributed by atoms with E-state index in [0.29, 0.717) is 12.1 Å². The summed E-state index contributed by atoms with van der Waals surface area (Å²) in [5.41, 5.74) is 1.52. The van der Waals surface area contributed by atoms with Crippen molar-refractivity contribution < 1.29 is 5.11 Å². The largest absolute Gasteiger partial charge is 0.396 e. The predicted octanol–water partition coefficient (Wildman–Crippen LogP) is 4.66. The molecule has 1 aromatic heterocycles. The molecule has 0 amide bonds. The number of aliphatic hydroxyl groups is 1. The van der Waals surface area contributed by atoms with Gasteiger partial charge in [0.15, 0.2) is 0 Å². The number of aryl methyl sites for hydroxylation is 1. The first-order chi connectivity index (χ1) is 9.84. The fourth-order valence-electron chi connectivity index (χ4n) is 2.88. The lowest BCUT2D eigenvalue weighted by Gasteiger charge is -2.33. The van der Waals surface area contributed by atoms with E-state index in [1.54, 1.807) is 0 Å². The highest BCUT2D eigenvalue weighted by Crippen LogP contribution is 2.35. The Morgan fingerprint density at radius 1 is 1.24 bits per heavy atom. The monoisotopic (exact) mass is 305 g/mol. The number of fused-ring (bicyclic) bond motifs is 1. The van der Waals surface area contributed by atoms with E-state index in [1.165, 1.54) is 20.5 Å². The fourth-order valence-corrected chi connectivity index (χ4v) is 4.10. The van der Waals surface area contributed by atoms with Crippen molar-refractivity contribution in [1.29, 1.82) is 0 Å². The molecular weight excluding hydrogens is 278 g/mol. The smallest absolute Gasteiger partial charge is 0.0446 e. The van der Waals surface area contributed by atoms with Crippen molar-refractivity contribution in [1.82, 2.24) is 5.32 Å². The Hall–Kier alpha value is -0.900. The second-order valence-electron chi connectivity index (χ2n) is 6.91. The van der Waals surface area contributed by atoms with Crippen LogP contribution in [-0.4, -0.2) is 17.8 Å². The van der Waals surface area contributed by atoms with Gasteiger partial charge in [0.25, 0.3) is 0 Å². The van der Waals surface area contributed by atoms with Gasteiger partial charge < -0.3 is 10.4 Å². The van der Waals surface area contributed by atoms with Crippen LogP contribution in [0.2, 0.25) is 0 Å². The molecule has 0 bridgehead atoms. The summed E-state index contributed by atoms with van der Waals surface area (Å²) < 4.78 is 1.35. The molecule has 0 spiro atoms. The summed E-state index contributed by atoms with van der Waals surface area (Å²) in [6.07, 6.45) is 0.789. The van der Waals surface area contributed by atoms with E-state index in [-0.39, 0.29) is 12.0 Å². The predicted molar refractivity (Wildman–Crippen MR) is 93.1 cm³/mol. The number of hydrogen-bond donors (Lipinski definition) is 2. The third-order valence-corrected chi connectivity index (χ3v) is 5.64. The highest BCUT2D eigenvalue weighted by molar-refractivity contribution is 7.19. The number of nitrogens with one attached hydrogen (secondary N) is 1. The molecule has 0 radical (unpaired) electrons. The molecule has 0 saturated heterocycles. The van der Waals surface area contributed by atoms with Crippen molar-refractivity contribution in [2.24, 2.45) is 5.41 Å². The maximum atomic E-state index is 9.32. The van der Waals surface area contributed by atoms with Crippen molar-refractivity contribution in [3.8, 4) is 0 Å². The zero-order valence-corrected chi connectivity index (χ0v) is 14.6. The number of benzene rings is 1. The van der Waals surface area contributed by atoms with Crippen LogP contribution in [0.5, 0.6) is 0 Å². The summed E-state index contributed by atoms with van der Waals surface area (Å²) in [5, 5.41) is 14.4. The fraction of sp³-hybridized carbons (Fsp3) is 0.556. The molecule has 21 heavy (non-hydrogen) atoms. The van der Waals surface area contributed by atoms with Crippen LogP contribution in [0.1, 0.15) is 50.6 Å². The van der Waals surface area contributed by atoms with Gasteiger partial charge in [0, 0.05) is 28.3 Å². The third-order valence-electron chi connectivity index (χ3n) is 4.19. The van der Waals surface area contributed by atoms with Gasteiger partial charge in [0.05, 0.1) is 0 Å². The maximum absolute atomic E-state index is 9.32. The van der Waals surface area contributed by atoms with Gasteiger partial charge in [-0.15, -0.1) is 11.3 Å². The normalized spacial score (nSPS) is 15.3. The first kappa shape index (κ1) is 16.5. The Bertz CT molecular complexity index is 597. The standard InChI is InChI=1S/C18H27NOS/c1-12-14-8-6-7-9-15(14)21-17(12)13(2)19-16(10-11-20)18(3,4)5/h6-9,13,16,19-20H,10-11H2,1-5H3. The molecule has 2 nitrogen and oxygen atoms in total. The van der Waals surface area contributed by atoms with Gasteiger partial charge >= 0.3 is 0 Å². The van der Waals surface area contributed by atoms with E-state index in [1.807, 2.05) is 11.3 Å². The molecule has 2 aromatic rings. The highest BCUT2D eigenvalue weighted by Gasteiger charge is 2.26. The van der Waals surface area contributed by atoms with E-state index < -0.39 is 0 Å². The van der Waals surface area contributed by atoms with Crippen LogP contribution in [0.4, 0.5) is 0 Å². The first-order valence-electron chi connectivity index (χ1n) is 7.69. The lowest BCUT2D eigenvalue weighted by atomic mass is 9.84. The van der Waals surface area contributed by atoms with E-state index in [2.05, 4.69) is 64.2 Å². The second kappa shape index (κ2) is 6.47. The number of aliphatic hydroxyl groups excluding tert-OH is 1. The van der Waals surface area contributed by atoms with Crippen LogP contribution in [-0.2, 0) is 0 Å². The Morgan fingerprint density at radius 3 is 2.48 bits per heavy atom. The van der Waals surface area contributed by atoms with Crippen molar-refractivity contribution in [3.05, 3.63) is 34.7 Å². The van der Waals surface area contributed by atoms with Gasteiger partial charge in [0.2, 0.25) is 0 Å². The minimum absolute atomic E-state index is 0.140. The Morgan fingerprint density at radius 2 is 1.90 bits per heavy atom. The maximum Gasteiger partial charge on any atom is 0.0446 e. The van der Waals surface area contributed by atoms with Gasteiger partial charge in [-0.1, -0.05) is 39.0 Å². The summed E-state index contributed by atoms with van der Waals surface area (Å²) >= 11 is 1.88. The van der Waals surface area contributed by atoms with E-state index in [9.17, 15) is 5.11 Å². The highest BCUT2D eigenvalue weighted by atomic mass is 32.1. The summed E-state index contributed by atoms with van der Waals surface area (Å²) in [6, 6.07) is 9.21. The van der Waals surface area contributed by atoms with E-state index in [4.69, 9.17) is 0 Å². The van der Waals surface area contributed by atoms with Crippen LogP contribution in [0.15, 0.2) is 24.3 Å². The average Bonchev–Trinajstić information content (AvgIpc) is 2.75. The first-order valence-corrected chi connectivity index (χ1v) is 8.51. The zero-order valence-electron chi connectivity index (χ0n) is 13.7. The molecule has 0 aliphatic rings. The van der Waals surface area contributed by atoms with Gasteiger partial charge in [-0.05, 0) is 42.7 Å². The van der Waals surface area contributed by atoms with Gasteiger partial charge in [-0.2, -0.15) is 0 Å². The Balaban J connectivity index is 2.25. The Kier molecular flexibility index (Phi) is 5.07. The van der Waals surface area contributed by atoms with E-state index >= 15 is 0 Å². The minimum atomic E-state index is 0.140. The van der Waals surface area contributed by atoms with Gasteiger partial charge in [-0.25, -0.2) is 0 Å². The molecular formula is C18H27NOS. The summed E-state index contributed by atoms with van der Waals surface area (Å²) in [5.74, 6) is 0. The van der Waals surface area contributed by atoms with E-state index in [0.717, 1.165) is 6.42 Å². The molecule has 116 valence electrons. The quantitative estimate of drug-likeness (QED) is 0.842. The molecule has 1 aromatic carbocycles. The lowest BCUT2D eigenvalue weighted by Crippen LogP contribution is -2.42. The third kappa shape index (κ3) is 3.65. The van der Waals surface area contributed by atoms with Crippen molar-refractivity contribution in [2.45, 2.75) is 53.1 Å². The van der Waals surface area contributed by atoms with Crippen LogP contribution < -0.4 is 5.32 Å². The summed E-state index contributed by atoms with van der Waals surface area (Å²) in [4.78, 5) is 1.41. The molecule has 2 unspecified atom stereocenters. The van der Waals surface area contributed by atoms with Gasteiger partial charge in [0.1, 0.15) is 0 Å². The summed E-state index contributed by atoms with van der Waals surface area (Å²) in [6.45, 7) is 11.4. The molecule has 2 atom stereocenters.